The van der Waals surface area contributed by atoms with Gasteiger partial charge in [0.2, 0.25) is 5.91 Å². The molecule has 4 N–H and O–H groups in total. The van der Waals surface area contributed by atoms with Gasteiger partial charge in [0, 0.05) is 18.2 Å². The fraction of sp³-hybridized carbons (Fsp3) is 0.500. The number of rotatable bonds is 7. The van der Waals surface area contributed by atoms with Gasteiger partial charge in [-0.1, -0.05) is 31.4 Å². The topological polar surface area (TPSA) is 108 Å². The van der Waals surface area contributed by atoms with E-state index in [0.29, 0.717) is 12.1 Å². The molecule has 1 aromatic rings. The summed E-state index contributed by atoms with van der Waals surface area (Å²) in [6, 6.07) is 6.89. The molecule has 2 rings (SSSR count). The molecule has 136 valence electrons. The van der Waals surface area contributed by atoms with Gasteiger partial charge >= 0.3 is 12.0 Å². The zero-order valence-electron chi connectivity index (χ0n) is 14.2. The van der Waals surface area contributed by atoms with Crippen molar-refractivity contribution in [2.24, 2.45) is 0 Å². The smallest absolute Gasteiger partial charge is 0.315 e. The van der Waals surface area contributed by atoms with Crippen LogP contribution in [0.2, 0.25) is 0 Å². The number of urea groups is 1. The summed E-state index contributed by atoms with van der Waals surface area (Å²) in [7, 11) is 0. The van der Waals surface area contributed by atoms with Crippen molar-refractivity contribution in [1.29, 1.82) is 0 Å². The van der Waals surface area contributed by atoms with Crippen molar-refractivity contribution >= 4 is 23.6 Å². The number of carboxylic acid groups (broad SMARTS) is 1. The first kappa shape index (κ1) is 18.8. The van der Waals surface area contributed by atoms with Crippen LogP contribution in [-0.2, 0) is 16.0 Å². The molecule has 0 saturated heterocycles. The second kappa shape index (κ2) is 9.66. The van der Waals surface area contributed by atoms with Crippen LogP contribution in [0.25, 0.3) is 0 Å². The summed E-state index contributed by atoms with van der Waals surface area (Å²) in [5.41, 5.74) is 1.50. The maximum Gasteiger partial charge on any atom is 0.315 e. The zero-order chi connectivity index (χ0) is 18.1. The third kappa shape index (κ3) is 7.24. The number of carbonyl (C=O) groups is 3. The zero-order valence-corrected chi connectivity index (χ0v) is 14.2. The minimum atomic E-state index is -0.838. The average Bonchev–Trinajstić information content (AvgIpc) is 2.60. The van der Waals surface area contributed by atoms with Crippen molar-refractivity contribution in [2.45, 2.75) is 51.0 Å². The molecule has 1 saturated carbocycles. The average molecular weight is 347 g/mol. The van der Waals surface area contributed by atoms with Gasteiger partial charge in [-0.05, 0) is 37.0 Å². The molecule has 0 radical (unpaired) electrons. The molecule has 1 fully saturated rings. The summed E-state index contributed by atoms with van der Waals surface area (Å²) < 4.78 is 0. The minimum absolute atomic E-state index is 0.0751. The number of carbonyl (C=O) groups excluding carboxylic acids is 2. The number of carboxylic acids is 1. The first-order valence-electron chi connectivity index (χ1n) is 8.68. The van der Waals surface area contributed by atoms with Crippen molar-refractivity contribution in [3.8, 4) is 0 Å². The van der Waals surface area contributed by atoms with Crippen molar-refractivity contribution in [3.63, 3.8) is 0 Å². The van der Waals surface area contributed by atoms with Crippen molar-refractivity contribution in [2.75, 3.05) is 11.9 Å². The predicted molar refractivity (Wildman–Crippen MR) is 94.4 cm³/mol. The van der Waals surface area contributed by atoms with Crippen molar-refractivity contribution in [1.82, 2.24) is 10.6 Å². The Morgan fingerprint density at radius 1 is 1.04 bits per heavy atom. The Hall–Kier alpha value is -2.57. The second-order valence-electron chi connectivity index (χ2n) is 6.30. The van der Waals surface area contributed by atoms with Crippen LogP contribution in [-0.4, -0.2) is 35.6 Å². The quantitative estimate of drug-likeness (QED) is 0.607. The molecule has 7 nitrogen and oxygen atoms in total. The van der Waals surface area contributed by atoms with Crippen molar-refractivity contribution < 1.29 is 19.5 Å². The number of hydrogen-bond acceptors (Lipinski definition) is 3. The molecule has 1 aliphatic rings. The van der Waals surface area contributed by atoms with Gasteiger partial charge in [0.25, 0.3) is 0 Å². The molecule has 1 aliphatic carbocycles. The number of hydrogen-bond donors (Lipinski definition) is 4. The van der Waals surface area contributed by atoms with Gasteiger partial charge in [-0.25, -0.2) is 4.79 Å². The lowest BCUT2D eigenvalue weighted by molar-refractivity contribution is -0.137. The lowest BCUT2D eigenvalue weighted by Gasteiger charge is -2.22. The van der Waals surface area contributed by atoms with Gasteiger partial charge in [-0.3, -0.25) is 9.59 Å². The van der Waals surface area contributed by atoms with Crippen LogP contribution >= 0.6 is 0 Å². The molecule has 0 aromatic heterocycles. The van der Waals surface area contributed by atoms with Gasteiger partial charge < -0.3 is 21.1 Å². The van der Waals surface area contributed by atoms with E-state index >= 15 is 0 Å². The number of aliphatic carboxylic acids is 1. The minimum Gasteiger partial charge on any atom is -0.481 e. The maximum atomic E-state index is 11.9. The maximum absolute atomic E-state index is 11.9. The second-order valence-corrected chi connectivity index (χ2v) is 6.30. The highest BCUT2D eigenvalue weighted by molar-refractivity contribution is 5.94. The Morgan fingerprint density at radius 2 is 1.72 bits per heavy atom. The molecule has 0 unspecified atom stereocenters. The number of aryl methyl sites for hydroxylation is 1. The summed E-state index contributed by atoms with van der Waals surface area (Å²) in [5.74, 6) is -1.15. The molecule has 1 aromatic carbocycles. The molecule has 0 bridgehead atoms. The van der Waals surface area contributed by atoms with Crippen LogP contribution < -0.4 is 16.0 Å². The Kier molecular flexibility index (Phi) is 7.25. The monoisotopic (exact) mass is 347 g/mol. The molecule has 7 heteroatoms. The highest BCUT2D eigenvalue weighted by Crippen LogP contribution is 2.17. The Morgan fingerprint density at radius 3 is 2.36 bits per heavy atom. The molecule has 25 heavy (non-hydrogen) atoms. The normalized spacial score (nSPS) is 14.6. The molecule has 3 amide bonds. The number of nitrogens with one attached hydrogen (secondary N) is 3. The molecule has 0 atom stereocenters. The third-order valence-electron chi connectivity index (χ3n) is 4.22. The van der Waals surface area contributed by atoms with Gasteiger partial charge in [0.1, 0.15) is 0 Å². The van der Waals surface area contributed by atoms with E-state index in [2.05, 4.69) is 16.0 Å². The van der Waals surface area contributed by atoms with Crippen LogP contribution in [0, 0.1) is 0 Å². The standard InChI is InChI=1S/C18H25N3O4/c22-16(12-19-18(25)21-14-4-2-1-3-5-14)20-15-9-6-13(7-10-15)8-11-17(23)24/h6-7,9-10,14H,1-5,8,11-12H2,(H,20,22)(H,23,24)(H2,19,21,25). The van der Waals surface area contributed by atoms with E-state index in [0.717, 1.165) is 31.2 Å². The molecular weight excluding hydrogens is 322 g/mol. The summed E-state index contributed by atoms with van der Waals surface area (Å²) in [6.07, 6.45) is 6.00. The first-order chi connectivity index (χ1) is 12.0. The predicted octanol–water partition coefficient (Wildman–Crippen LogP) is 2.27. The summed E-state index contributed by atoms with van der Waals surface area (Å²) in [5, 5.41) is 16.8. The summed E-state index contributed by atoms with van der Waals surface area (Å²) >= 11 is 0. The van der Waals surface area contributed by atoms with Crippen LogP contribution in [0.3, 0.4) is 0 Å². The number of benzene rings is 1. The Bertz CT molecular complexity index is 595. The van der Waals surface area contributed by atoms with Crippen LogP contribution in [0.15, 0.2) is 24.3 Å². The van der Waals surface area contributed by atoms with Crippen LogP contribution in [0.4, 0.5) is 10.5 Å². The van der Waals surface area contributed by atoms with Crippen LogP contribution in [0.5, 0.6) is 0 Å². The molecular formula is C18H25N3O4. The molecule has 0 heterocycles. The highest BCUT2D eigenvalue weighted by Gasteiger charge is 2.15. The summed E-state index contributed by atoms with van der Waals surface area (Å²) in [6.45, 7) is -0.0979. The molecule has 0 spiro atoms. The summed E-state index contributed by atoms with van der Waals surface area (Å²) in [4.78, 5) is 34.2. The van der Waals surface area contributed by atoms with E-state index in [1.807, 2.05) is 0 Å². The fourth-order valence-electron chi connectivity index (χ4n) is 2.86. The largest absolute Gasteiger partial charge is 0.481 e. The number of anilines is 1. The van der Waals surface area contributed by atoms with E-state index in [-0.39, 0.29) is 30.9 Å². The van der Waals surface area contributed by atoms with Gasteiger partial charge in [0.15, 0.2) is 0 Å². The third-order valence-corrected chi connectivity index (χ3v) is 4.22. The first-order valence-corrected chi connectivity index (χ1v) is 8.68. The lowest BCUT2D eigenvalue weighted by Crippen LogP contribution is -2.45. The van der Waals surface area contributed by atoms with E-state index in [4.69, 9.17) is 5.11 Å². The number of amides is 3. The Labute approximate surface area is 147 Å². The van der Waals surface area contributed by atoms with E-state index < -0.39 is 5.97 Å². The SMILES string of the molecule is O=C(O)CCc1ccc(NC(=O)CNC(=O)NC2CCCCC2)cc1. The van der Waals surface area contributed by atoms with Gasteiger partial charge in [-0.15, -0.1) is 0 Å². The van der Waals surface area contributed by atoms with Gasteiger partial charge in [0.05, 0.1) is 6.54 Å². The van der Waals surface area contributed by atoms with Gasteiger partial charge in [-0.2, -0.15) is 0 Å². The lowest BCUT2D eigenvalue weighted by atomic mass is 9.96. The van der Waals surface area contributed by atoms with E-state index in [1.165, 1.54) is 6.42 Å². The highest BCUT2D eigenvalue weighted by atomic mass is 16.4. The molecule has 0 aliphatic heterocycles. The van der Waals surface area contributed by atoms with E-state index in [9.17, 15) is 14.4 Å². The van der Waals surface area contributed by atoms with Crippen molar-refractivity contribution in [3.05, 3.63) is 29.8 Å². The van der Waals surface area contributed by atoms with Crippen LogP contribution in [0.1, 0.15) is 44.1 Å². The fourth-order valence-corrected chi connectivity index (χ4v) is 2.86. The Balaban J connectivity index is 1.68. The van der Waals surface area contributed by atoms with E-state index in [1.54, 1.807) is 24.3 Å².